The Morgan fingerprint density at radius 1 is 1.83 bits per heavy atom. The van der Waals surface area contributed by atoms with E-state index in [4.69, 9.17) is 10.8 Å². The Labute approximate surface area is 74.8 Å². The molecule has 1 heterocycles. The first kappa shape index (κ1) is 9.50. The van der Waals surface area contributed by atoms with Gasteiger partial charge in [-0.05, 0) is 6.92 Å². The monoisotopic (exact) mass is 188 g/mol. The normalized spacial score (nSPS) is 15.9. The fourth-order valence-corrected chi connectivity index (χ4v) is 1.49. The third-order valence-corrected chi connectivity index (χ3v) is 2.72. The van der Waals surface area contributed by atoms with Gasteiger partial charge < -0.3 is 10.8 Å². The molecule has 0 saturated heterocycles. The van der Waals surface area contributed by atoms with Crippen molar-refractivity contribution < 1.29 is 5.11 Å². The van der Waals surface area contributed by atoms with Crippen LogP contribution in [0.5, 0.6) is 0 Å². The summed E-state index contributed by atoms with van der Waals surface area (Å²) in [5.74, 6) is 0. The molecule has 1 aromatic rings. The predicted molar refractivity (Wildman–Crippen MR) is 46.8 cm³/mol. The van der Waals surface area contributed by atoms with Crippen LogP contribution in [0.2, 0.25) is 0 Å². The molecule has 1 aromatic heterocycles. The van der Waals surface area contributed by atoms with Crippen molar-refractivity contribution in [2.75, 3.05) is 6.61 Å². The molecule has 5 nitrogen and oxygen atoms in total. The molecule has 0 spiro atoms. The number of nitrogens with one attached hydrogen (secondary N) is 1. The van der Waals surface area contributed by atoms with Gasteiger partial charge in [0.25, 0.3) is 0 Å². The van der Waals surface area contributed by atoms with Gasteiger partial charge >= 0.3 is 0 Å². The highest BCUT2D eigenvalue weighted by molar-refractivity contribution is 7.99. The first-order chi connectivity index (χ1) is 5.74. The Balaban J connectivity index is 2.48. The highest BCUT2D eigenvalue weighted by Gasteiger charge is 2.15. The molecule has 4 N–H and O–H groups in total. The quantitative estimate of drug-likeness (QED) is 0.560. The van der Waals surface area contributed by atoms with E-state index in [0.717, 1.165) is 0 Å². The first-order valence-corrected chi connectivity index (χ1v) is 4.50. The molecule has 0 aromatic carbocycles. The highest BCUT2D eigenvalue weighted by atomic mass is 32.2. The zero-order chi connectivity index (χ0) is 8.97. The molecule has 0 bridgehead atoms. The number of H-pyrrole nitrogens is 1. The summed E-state index contributed by atoms with van der Waals surface area (Å²) in [6.45, 7) is 1.90. The van der Waals surface area contributed by atoms with Crippen LogP contribution in [0.15, 0.2) is 11.5 Å². The predicted octanol–water partition coefficient (Wildman–Crippen LogP) is -0.395. The Morgan fingerprint density at radius 2 is 2.58 bits per heavy atom. The van der Waals surface area contributed by atoms with E-state index in [1.54, 1.807) is 0 Å². The smallest absolute Gasteiger partial charge is 0.183 e. The summed E-state index contributed by atoms with van der Waals surface area (Å²) in [5.41, 5.74) is 5.62. The maximum absolute atomic E-state index is 8.93. The molecule has 0 amide bonds. The van der Waals surface area contributed by atoms with E-state index in [0.29, 0.717) is 5.16 Å². The van der Waals surface area contributed by atoms with Crippen molar-refractivity contribution in [2.45, 2.75) is 23.4 Å². The van der Waals surface area contributed by atoms with E-state index in [9.17, 15) is 0 Å². The number of aliphatic hydroxyl groups is 1. The van der Waals surface area contributed by atoms with Crippen molar-refractivity contribution in [3.63, 3.8) is 0 Å². The third kappa shape index (κ3) is 2.47. The molecule has 68 valence electrons. The molecule has 0 saturated carbocycles. The van der Waals surface area contributed by atoms with E-state index in [-0.39, 0.29) is 17.9 Å². The molecule has 2 atom stereocenters. The number of aromatic amines is 1. The van der Waals surface area contributed by atoms with Gasteiger partial charge in [0.2, 0.25) is 0 Å². The van der Waals surface area contributed by atoms with Gasteiger partial charge in [-0.3, -0.25) is 5.10 Å². The van der Waals surface area contributed by atoms with Crippen molar-refractivity contribution in [3.05, 3.63) is 6.33 Å². The van der Waals surface area contributed by atoms with Gasteiger partial charge in [0, 0.05) is 6.04 Å². The summed E-state index contributed by atoms with van der Waals surface area (Å²) in [6.07, 6.45) is 1.43. The molecule has 2 unspecified atom stereocenters. The number of rotatable bonds is 4. The van der Waals surface area contributed by atoms with Gasteiger partial charge in [0.05, 0.1) is 11.9 Å². The lowest BCUT2D eigenvalue weighted by Crippen LogP contribution is -2.31. The second kappa shape index (κ2) is 4.44. The Bertz CT molecular complexity index is 213. The van der Waals surface area contributed by atoms with E-state index in [2.05, 4.69) is 15.2 Å². The zero-order valence-electron chi connectivity index (χ0n) is 6.77. The van der Waals surface area contributed by atoms with Gasteiger partial charge in [-0.2, -0.15) is 5.10 Å². The lowest BCUT2D eigenvalue weighted by Gasteiger charge is -2.15. The molecule has 0 fully saturated rings. The molecule has 12 heavy (non-hydrogen) atoms. The van der Waals surface area contributed by atoms with Crippen molar-refractivity contribution >= 4 is 11.8 Å². The van der Waals surface area contributed by atoms with E-state index in [1.807, 2.05) is 6.92 Å². The van der Waals surface area contributed by atoms with Crippen LogP contribution in [0, 0.1) is 0 Å². The molecule has 0 aliphatic rings. The van der Waals surface area contributed by atoms with Crippen molar-refractivity contribution in [3.8, 4) is 0 Å². The summed E-state index contributed by atoms with van der Waals surface area (Å²) in [5, 5.41) is 16.0. The van der Waals surface area contributed by atoms with Crippen LogP contribution >= 0.6 is 11.8 Å². The highest BCUT2D eigenvalue weighted by Crippen LogP contribution is 2.19. The molecule has 0 aliphatic carbocycles. The summed E-state index contributed by atoms with van der Waals surface area (Å²) in [7, 11) is 0. The molecule has 0 aliphatic heterocycles. The van der Waals surface area contributed by atoms with Crippen LogP contribution < -0.4 is 5.73 Å². The molecule has 0 radical (unpaired) electrons. The van der Waals surface area contributed by atoms with Gasteiger partial charge in [0.15, 0.2) is 5.16 Å². The maximum Gasteiger partial charge on any atom is 0.183 e. The number of thioether (sulfide) groups is 1. The Kier molecular flexibility index (Phi) is 3.51. The van der Waals surface area contributed by atoms with Gasteiger partial charge in [-0.25, -0.2) is 4.98 Å². The lowest BCUT2D eigenvalue weighted by atomic mass is 10.3. The van der Waals surface area contributed by atoms with E-state index < -0.39 is 0 Å². The van der Waals surface area contributed by atoms with Crippen molar-refractivity contribution in [2.24, 2.45) is 5.73 Å². The molecule has 1 rings (SSSR count). The van der Waals surface area contributed by atoms with Crippen LogP contribution in [-0.2, 0) is 0 Å². The van der Waals surface area contributed by atoms with Crippen LogP contribution in [0.3, 0.4) is 0 Å². The van der Waals surface area contributed by atoms with Gasteiger partial charge in [0.1, 0.15) is 6.33 Å². The van der Waals surface area contributed by atoms with Crippen LogP contribution in [-0.4, -0.2) is 38.2 Å². The van der Waals surface area contributed by atoms with Crippen molar-refractivity contribution in [1.29, 1.82) is 0 Å². The fourth-order valence-electron chi connectivity index (χ4n) is 0.705. The summed E-state index contributed by atoms with van der Waals surface area (Å²) in [4.78, 5) is 3.92. The van der Waals surface area contributed by atoms with Gasteiger partial charge in [-0.15, -0.1) is 0 Å². The first-order valence-electron chi connectivity index (χ1n) is 3.62. The fraction of sp³-hybridized carbons (Fsp3) is 0.667. The topological polar surface area (TPSA) is 87.8 Å². The second-order valence-corrected chi connectivity index (χ2v) is 3.72. The Morgan fingerprint density at radius 3 is 3.00 bits per heavy atom. The van der Waals surface area contributed by atoms with E-state index >= 15 is 0 Å². The van der Waals surface area contributed by atoms with Gasteiger partial charge in [-0.1, -0.05) is 11.8 Å². The molecular weight excluding hydrogens is 176 g/mol. The minimum absolute atomic E-state index is 0.0297. The minimum Gasteiger partial charge on any atom is -0.395 e. The Hall–Kier alpha value is -0.590. The summed E-state index contributed by atoms with van der Waals surface area (Å²) >= 11 is 1.40. The van der Waals surface area contributed by atoms with Crippen LogP contribution in [0.4, 0.5) is 0 Å². The number of aromatic nitrogens is 3. The standard InChI is InChI=1S/C6H12N4OS/c1-4(7)5(2-11)12-6-8-3-9-10-6/h3-5,11H,2,7H2,1H3,(H,8,9,10). The SMILES string of the molecule is CC(N)C(CO)Sc1ncn[nH]1. The molecular formula is C6H12N4OS. The summed E-state index contributed by atoms with van der Waals surface area (Å²) in [6, 6.07) is -0.0647. The third-order valence-electron chi connectivity index (χ3n) is 1.42. The lowest BCUT2D eigenvalue weighted by molar-refractivity contribution is 0.285. The maximum atomic E-state index is 8.93. The average Bonchev–Trinajstić information content (AvgIpc) is 2.51. The zero-order valence-corrected chi connectivity index (χ0v) is 7.58. The minimum atomic E-state index is -0.0647. The largest absolute Gasteiger partial charge is 0.395 e. The number of hydrogen-bond donors (Lipinski definition) is 3. The molecule has 6 heteroatoms. The van der Waals surface area contributed by atoms with Crippen LogP contribution in [0.1, 0.15) is 6.92 Å². The van der Waals surface area contributed by atoms with E-state index in [1.165, 1.54) is 18.1 Å². The number of nitrogens with zero attached hydrogens (tertiary/aromatic N) is 2. The number of hydrogen-bond acceptors (Lipinski definition) is 5. The van der Waals surface area contributed by atoms with Crippen LogP contribution in [0.25, 0.3) is 0 Å². The number of aliphatic hydroxyl groups excluding tert-OH is 1. The summed E-state index contributed by atoms with van der Waals surface area (Å²) < 4.78 is 0. The van der Waals surface area contributed by atoms with Crippen molar-refractivity contribution in [1.82, 2.24) is 15.2 Å². The second-order valence-electron chi connectivity index (χ2n) is 2.49. The average molecular weight is 188 g/mol. The number of nitrogens with two attached hydrogens (primary N) is 1.